The Labute approximate surface area is 134 Å². The normalized spacial score (nSPS) is 9.47. The van der Waals surface area contributed by atoms with Crippen LogP contribution in [0.15, 0.2) is 12.2 Å². The molecule has 74 valence electrons. The van der Waals surface area contributed by atoms with E-state index in [1.165, 1.54) is 0 Å². The largest absolute Gasteiger partial charge is 1.00 e. The number of carboxylic acids is 2. The molecule has 0 bridgehead atoms. The maximum Gasteiger partial charge on any atom is 1.00 e. The summed E-state index contributed by atoms with van der Waals surface area (Å²) in [5.74, 6) is -4.66. The first-order valence-electron chi connectivity index (χ1n) is 4.16. The Morgan fingerprint density at radius 1 is 1.13 bits per heavy atom. The van der Waals surface area contributed by atoms with Crippen LogP contribution in [0, 0.1) is 5.92 Å². The average molecular weight is 230 g/mol. The molecule has 0 aliphatic heterocycles. The molecule has 0 rings (SSSR count). The van der Waals surface area contributed by atoms with E-state index in [1.807, 2.05) is 13.0 Å². The molecular weight excluding hydrogens is 218 g/mol. The number of aliphatic carboxylic acids is 2. The van der Waals surface area contributed by atoms with Crippen molar-refractivity contribution >= 4 is 11.9 Å². The summed E-state index contributed by atoms with van der Waals surface area (Å²) in [5, 5.41) is 20.5. The fourth-order valence-corrected chi connectivity index (χ4v) is 0.879. The molecule has 0 saturated heterocycles. The standard InChI is InChI=1S/C9H14O4.2Na/c1-2-3-4-5-6-7(8(10)11)9(12)13;;/h3-4,7H,2,5-6H2,1H3,(H,10,11)(H,12,13);;/q;2*+1/p-2/b4-3-;;. The third-order valence-electron chi connectivity index (χ3n) is 1.59. The quantitative estimate of drug-likeness (QED) is 0.258. The van der Waals surface area contributed by atoms with Crippen LogP contribution in [0.3, 0.4) is 0 Å². The number of hydrogen-bond acceptors (Lipinski definition) is 4. The molecule has 4 nitrogen and oxygen atoms in total. The molecule has 0 aromatic carbocycles. The molecule has 0 aromatic heterocycles. The van der Waals surface area contributed by atoms with Gasteiger partial charge in [-0.25, -0.2) is 0 Å². The molecule has 0 radical (unpaired) electrons. The molecule has 0 amide bonds. The smallest absolute Gasteiger partial charge is 0.549 e. The summed E-state index contributed by atoms with van der Waals surface area (Å²) in [5.41, 5.74) is 0. The Morgan fingerprint density at radius 2 is 1.60 bits per heavy atom. The molecular formula is C9H12Na2O4. The molecule has 0 aliphatic rings. The number of allylic oxidation sites excluding steroid dienone is 2. The van der Waals surface area contributed by atoms with Crippen LogP contribution in [0.1, 0.15) is 26.2 Å². The summed E-state index contributed by atoms with van der Waals surface area (Å²) < 4.78 is 0. The van der Waals surface area contributed by atoms with Crippen LogP contribution >= 0.6 is 0 Å². The first-order valence-corrected chi connectivity index (χ1v) is 4.16. The summed E-state index contributed by atoms with van der Waals surface area (Å²) in [6.45, 7) is 1.94. The van der Waals surface area contributed by atoms with Crippen molar-refractivity contribution in [3.05, 3.63) is 12.2 Å². The van der Waals surface area contributed by atoms with E-state index in [0.717, 1.165) is 6.42 Å². The minimum atomic E-state index is -1.58. The Hall–Kier alpha value is 0.680. The van der Waals surface area contributed by atoms with Crippen LogP contribution in [0.4, 0.5) is 0 Å². The van der Waals surface area contributed by atoms with Gasteiger partial charge in [0.15, 0.2) is 0 Å². The van der Waals surface area contributed by atoms with E-state index in [-0.39, 0.29) is 65.5 Å². The maximum atomic E-state index is 10.2. The van der Waals surface area contributed by atoms with Gasteiger partial charge in [0.2, 0.25) is 0 Å². The van der Waals surface area contributed by atoms with Gasteiger partial charge < -0.3 is 19.8 Å². The molecule has 0 aliphatic carbocycles. The van der Waals surface area contributed by atoms with E-state index in [1.54, 1.807) is 6.08 Å². The second kappa shape index (κ2) is 12.7. The van der Waals surface area contributed by atoms with Crippen molar-refractivity contribution in [2.24, 2.45) is 5.92 Å². The fraction of sp³-hybridized carbons (Fsp3) is 0.556. The van der Waals surface area contributed by atoms with Crippen molar-refractivity contribution in [2.45, 2.75) is 26.2 Å². The van der Waals surface area contributed by atoms with E-state index in [4.69, 9.17) is 0 Å². The Kier molecular flexibility index (Phi) is 17.9. The van der Waals surface area contributed by atoms with Gasteiger partial charge in [-0.2, -0.15) is 0 Å². The van der Waals surface area contributed by atoms with Crippen LogP contribution in [0.2, 0.25) is 0 Å². The minimum absolute atomic E-state index is 0. The Bertz CT molecular complexity index is 202. The zero-order valence-electron chi connectivity index (χ0n) is 9.49. The molecule has 0 N–H and O–H groups in total. The van der Waals surface area contributed by atoms with Crippen LogP contribution in [-0.4, -0.2) is 11.9 Å². The second-order valence-electron chi connectivity index (χ2n) is 2.65. The number of carbonyl (C=O) groups is 2. The SMILES string of the molecule is CC/C=C\CCC(C(=O)[O-])C(=O)[O-].[Na+].[Na+]. The molecule has 15 heavy (non-hydrogen) atoms. The van der Waals surface area contributed by atoms with Crippen molar-refractivity contribution in [1.29, 1.82) is 0 Å². The van der Waals surface area contributed by atoms with Crippen LogP contribution in [0.25, 0.3) is 0 Å². The van der Waals surface area contributed by atoms with E-state index in [0.29, 0.717) is 6.42 Å². The number of carboxylic acid groups (broad SMARTS) is 2. The first-order chi connectivity index (χ1) is 6.09. The van der Waals surface area contributed by atoms with E-state index in [2.05, 4.69) is 0 Å². The van der Waals surface area contributed by atoms with Gasteiger partial charge in [-0.15, -0.1) is 0 Å². The summed E-state index contributed by atoms with van der Waals surface area (Å²) >= 11 is 0. The predicted octanol–water partition coefficient (Wildman–Crippen LogP) is -7.14. The number of rotatable bonds is 6. The molecule has 0 heterocycles. The molecule has 0 aromatic rings. The summed E-state index contributed by atoms with van der Waals surface area (Å²) in [7, 11) is 0. The predicted molar refractivity (Wildman–Crippen MR) is 42.2 cm³/mol. The van der Waals surface area contributed by atoms with Gasteiger partial charge in [0.05, 0.1) is 11.9 Å². The minimum Gasteiger partial charge on any atom is -0.549 e. The topological polar surface area (TPSA) is 80.3 Å². The molecule has 0 spiro atoms. The molecule has 0 saturated carbocycles. The fourth-order valence-electron chi connectivity index (χ4n) is 0.879. The second-order valence-corrected chi connectivity index (χ2v) is 2.65. The first kappa shape index (κ1) is 21.0. The molecule has 6 heteroatoms. The van der Waals surface area contributed by atoms with Crippen LogP contribution in [0.5, 0.6) is 0 Å². The van der Waals surface area contributed by atoms with Gasteiger partial charge in [-0.1, -0.05) is 19.1 Å². The van der Waals surface area contributed by atoms with Crippen LogP contribution in [-0.2, 0) is 9.59 Å². The number of carbonyl (C=O) groups excluding carboxylic acids is 2. The summed E-state index contributed by atoms with van der Waals surface area (Å²) in [4.78, 5) is 20.5. The summed E-state index contributed by atoms with van der Waals surface area (Å²) in [6.07, 6.45) is 4.89. The zero-order chi connectivity index (χ0) is 10.3. The Balaban J connectivity index is -0.000000720. The van der Waals surface area contributed by atoms with Gasteiger partial charge >= 0.3 is 59.1 Å². The third-order valence-corrected chi connectivity index (χ3v) is 1.59. The third kappa shape index (κ3) is 11.0. The van der Waals surface area contributed by atoms with Crippen molar-refractivity contribution < 1.29 is 78.9 Å². The van der Waals surface area contributed by atoms with Crippen LogP contribution < -0.4 is 69.3 Å². The number of hydrogen-bond donors (Lipinski definition) is 0. The van der Waals surface area contributed by atoms with Gasteiger partial charge in [-0.05, 0) is 19.3 Å². The van der Waals surface area contributed by atoms with Gasteiger partial charge in [0.1, 0.15) is 0 Å². The van der Waals surface area contributed by atoms with Crippen molar-refractivity contribution in [3.8, 4) is 0 Å². The zero-order valence-corrected chi connectivity index (χ0v) is 13.5. The Morgan fingerprint density at radius 3 is 1.93 bits per heavy atom. The van der Waals surface area contributed by atoms with Crippen molar-refractivity contribution in [2.75, 3.05) is 0 Å². The molecule has 0 fully saturated rings. The van der Waals surface area contributed by atoms with E-state index in [9.17, 15) is 19.8 Å². The van der Waals surface area contributed by atoms with Crippen molar-refractivity contribution in [3.63, 3.8) is 0 Å². The van der Waals surface area contributed by atoms with Gasteiger partial charge in [-0.3, -0.25) is 0 Å². The van der Waals surface area contributed by atoms with Crippen molar-refractivity contribution in [1.82, 2.24) is 0 Å². The van der Waals surface area contributed by atoms with E-state index < -0.39 is 17.9 Å². The average Bonchev–Trinajstić information content (AvgIpc) is 2.02. The molecule has 0 unspecified atom stereocenters. The molecule has 0 atom stereocenters. The van der Waals surface area contributed by atoms with Gasteiger partial charge in [0.25, 0.3) is 0 Å². The maximum absolute atomic E-state index is 10.2. The monoisotopic (exact) mass is 230 g/mol. The summed E-state index contributed by atoms with van der Waals surface area (Å²) in [6, 6.07) is 0. The van der Waals surface area contributed by atoms with Gasteiger partial charge in [0, 0.05) is 5.92 Å². The van der Waals surface area contributed by atoms with E-state index >= 15 is 0 Å².